The van der Waals surface area contributed by atoms with Crippen molar-refractivity contribution in [2.24, 2.45) is 4.99 Å². The van der Waals surface area contributed by atoms with Crippen molar-refractivity contribution in [2.75, 3.05) is 20.2 Å². The minimum Gasteiger partial charge on any atom is -0.489 e. The summed E-state index contributed by atoms with van der Waals surface area (Å²) in [6.45, 7) is 4.65. The molecular weight excluding hydrogens is 405 g/mol. The molecule has 3 N–H and O–H groups in total. The molecule has 3 unspecified atom stereocenters. The van der Waals surface area contributed by atoms with Crippen LogP contribution in [-0.2, 0) is 0 Å². The number of halogens is 3. The van der Waals surface area contributed by atoms with Gasteiger partial charge in [-0.25, -0.2) is 4.98 Å². The van der Waals surface area contributed by atoms with Gasteiger partial charge in [-0.05, 0) is 44.3 Å². The molecule has 3 rings (SSSR count). The summed E-state index contributed by atoms with van der Waals surface area (Å²) in [6, 6.07) is 2.89. The van der Waals surface area contributed by atoms with E-state index in [0.29, 0.717) is 29.0 Å². The first-order valence-corrected chi connectivity index (χ1v) is 10.0. The van der Waals surface area contributed by atoms with Crippen LogP contribution >= 0.6 is 11.3 Å². The Kier molecular flexibility index (Phi) is 6.89. The molecule has 2 heterocycles. The van der Waals surface area contributed by atoms with Gasteiger partial charge < -0.3 is 20.5 Å². The van der Waals surface area contributed by atoms with Gasteiger partial charge in [0.05, 0.1) is 5.56 Å². The van der Waals surface area contributed by atoms with Crippen LogP contribution in [-0.4, -0.2) is 55.3 Å². The lowest BCUT2D eigenvalue weighted by Crippen LogP contribution is -2.38. The van der Waals surface area contributed by atoms with E-state index < -0.39 is 12.3 Å². The van der Waals surface area contributed by atoms with Gasteiger partial charge in [0.1, 0.15) is 17.3 Å². The van der Waals surface area contributed by atoms with Crippen LogP contribution < -0.4 is 15.4 Å². The molecule has 1 aliphatic heterocycles. The van der Waals surface area contributed by atoms with Crippen molar-refractivity contribution in [1.82, 2.24) is 15.6 Å². The number of aliphatic hydroxyl groups excluding tert-OH is 1. The molecule has 0 bridgehead atoms. The van der Waals surface area contributed by atoms with Gasteiger partial charge in [0.15, 0.2) is 11.9 Å². The largest absolute Gasteiger partial charge is 0.489 e. The third-order valence-electron chi connectivity index (χ3n) is 4.76. The number of aromatic nitrogens is 1. The fraction of sp³-hybridized carbons (Fsp3) is 0.474. The average Bonchev–Trinajstić information content (AvgIpc) is 3.37. The Morgan fingerprint density at radius 3 is 2.79 bits per heavy atom. The van der Waals surface area contributed by atoms with Gasteiger partial charge in [0, 0.05) is 30.2 Å². The molecule has 1 fully saturated rings. The van der Waals surface area contributed by atoms with Gasteiger partial charge in [0.25, 0.3) is 0 Å². The summed E-state index contributed by atoms with van der Waals surface area (Å²) in [6.07, 6.45) is -3.93. The topological polar surface area (TPSA) is 78.8 Å². The molecule has 29 heavy (non-hydrogen) atoms. The SMILES string of the molecule is C=Nc1cc(C(O)C(F)(F)F)cc(-c2nccs2)c1OCC1CCC(CNC)N1. The maximum Gasteiger partial charge on any atom is 0.418 e. The minimum atomic E-state index is -4.79. The summed E-state index contributed by atoms with van der Waals surface area (Å²) < 4.78 is 45.1. The number of thiazole rings is 1. The number of nitrogens with zero attached hydrogens (tertiary/aromatic N) is 2. The number of rotatable bonds is 8. The second kappa shape index (κ2) is 9.21. The summed E-state index contributed by atoms with van der Waals surface area (Å²) in [4.78, 5) is 8.04. The zero-order valence-corrected chi connectivity index (χ0v) is 16.7. The number of alkyl halides is 3. The van der Waals surface area contributed by atoms with Crippen LogP contribution in [0.1, 0.15) is 24.5 Å². The smallest absolute Gasteiger partial charge is 0.418 e. The molecule has 10 heteroatoms. The third kappa shape index (κ3) is 5.13. The number of likely N-dealkylation sites (N-methyl/N-ethyl adjacent to an activating group) is 1. The van der Waals surface area contributed by atoms with E-state index >= 15 is 0 Å². The molecule has 0 spiro atoms. The van der Waals surface area contributed by atoms with Gasteiger partial charge in [-0.2, -0.15) is 13.2 Å². The third-order valence-corrected chi connectivity index (χ3v) is 5.57. The highest BCUT2D eigenvalue weighted by molar-refractivity contribution is 7.13. The summed E-state index contributed by atoms with van der Waals surface area (Å²) in [5.41, 5.74) is 0.166. The van der Waals surface area contributed by atoms with E-state index in [4.69, 9.17) is 4.74 Å². The van der Waals surface area contributed by atoms with E-state index in [9.17, 15) is 18.3 Å². The van der Waals surface area contributed by atoms with Crippen molar-refractivity contribution in [3.05, 3.63) is 29.3 Å². The molecule has 0 aliphatic carbocycles. The number of nitrogens with one attached hydrogen (secondary N) is 2. The predicted molar refractivity (Wildman–Crippen MR) is 107 cm³/mol. The second-order valence-corrected chi connectivity index (χ2v) is 7.76. The molecule has 2 aromatic rings. The number of aliphatic imine (C=N–C) groups is 1. The number of benzene rings is 1. The lowest BCUT2D eigenvalue weighted by atomic mass is 10.0. The monoisotopic (exact) mass is 428 g/mol. The summed E-state index contributed by atoms with van der Waals surface area (Å²) in [5.74, 6) is 0.312. The second-order valence-electron chi connectivity index (χ2n) is 6.86. The molecular formula is C19H23F3N4O2S. The van der Waals surface area contributed by atoms with Crippen LogP contribution in [0.2, 0.25) is 0 Å². The first-order valence-electron chi connectivity index (χ1n) is 9.16. The Bertz CT molecular complexity index is 830. The van der Waals surface area contributed by atoms with Gasteiger partial charge >= 0.3 is 6.18 Å². The Balaban J connectivity index is 1.90. The lowest BCUT2D eigenvalue weighted by molar-refractivity contribution is -0.206. The fourth-order valence-corrected chi connectivity index (χ4v) is 4.04. The quantitative estimate of drug-likeness (QED) is 0.562. The number of hydrogen-bond acceptors (Lipinski definition) is 7. The van der Waals surface area contributed by atoms with Crippen LogP contribution in [0.25, 0.3) is 10.6 Å². The number of hydrogen-bond donors (Lipinski definition) is 3. The van der Waals surface area contributed by atoms with Gasteiger partial charge in [-0.1, -0.05) is 0 Å². The van der Waals surface area contributed by atoms with Gasteiger partial charge in [0.2, 0.25) is 0 Å². The summed E-state index contributed by atoms with van der Waals surface area (Å²) in [5, 5.41) is 18.5. The molecule has 1 aromatic heterocycles. The highest BCUT2D eigenvalue weighted by atomic mass is 32.1. The zero-order chi connectivity index (χ0) is 21.0. The molecule has 0 saturated carbocycles. The minimum absolute atomic E-state index is 0.121. The first-order chi connectivity index (χ1) is 13.8. The summed E-state index contributed by atoms with van der Waals surface area (Å²) >= 11 is 1.26. The van der Waals surface area contributed by atoms with Crippen molar-refractivity contribution >= 4 is 23.7 Å². The first kappa shape index (κ1) is 21.7. The van der Waals surface area contributed by atoms with Crippen LogP contribution in [0.4, 0.5) is 18.9 Å². The highest BCUT2D eigenvalue weighted by Gasteiger charge is 2.40. The molecule has 1 aromatic carbocycles. The van der Waals surface area contributed by atoms with Crippen molar-refractivity contribution in [2.45, 2.75) is 37.2 Å². The van der Waals surface area contributed by atoms with Crippen LogP contribution in [0.3, 0.4) is 0 Å². The van der Waals surface area contributed by atoms with E-state index in [1.165, 1.54) is 17.4 Å². The molecule has 3 atom stereocenters. The molecule has 0 radical (unpaired) electrons. The molecule has 1 aliphatic rings. The van der Waals surface area contributed by atoms with Crippen LogP contribution in [0, 0.1) is 0 Å². The Hall–Kier alpha value is -2.01. The van der Waals surface area contributed by atoms with E-state index in [-0.39, 0.29) is 17.3 Å². The molecule has 158 valence electrons. The standard InChI is InChI=1S/C19H23F3N4O2S/c1-23-9-12-3-4-13(26-12)10-28-16-14(18-25-5-6-29-18)7-11(8-15(16)24-2)17(27)19(20,21)22/h5-8,12-13,17,23,26-27H,2-4,9-10H2,1H3. The van der Waals surface area contributed by atoms with Crippen molar-refractivity contribution in [1.29, 1.82) is 0 Å². The van der Waals surface area contributed by atoms with Gasteiger partial charge in [-0.15, -0.1) is 11.3 Å². The number of ether oxygens (including phenoxy) is 1. The van der Waals surface area contributed by atoms with Crippen LogP contribution in [0.15, 0.2) is 28.7 Å². The van der Waals surface area contributed by atoms with E-state index in [1.54, 1.807) is 11.6 Å². The van der Waals surface area contributed by atoms with Crippen molar-refractivity contribution in [3.63, 3.8) is 0 Å². The van der Waals surface area contributed by atoms with Crippen molar-refractivity contribution < 1.29 is 23.0 Å². The lowest BCUT2D eigenvalue weighted by Gasteiger charge is -2.20. The normalized spacial score (nSPS) is 20.6. The number of aliphatic hydroxyl groups is 1. The fourth-order valence-electron chi connectivity index (χ4n) is 3.39. The highest BCUT2D eigenvalue weighted by Crippen LogP contribution is 2.44. The molecule has 1 saturated heterocycles. The van der Waals surface area contributed by atoms with Crippen molar-refractivity contribution in [3.8, 4) is 16.3 Å². The average molecular weight is 428 g/mol. The van der Waals surface area contributed by atoms with Crippen LogP contribution in [0.5, 0.6) is 5.75 Å². The maximum absolute atomic E-state index is 13.0. The maximum atomic E-state index is 13.0. The Morgan fingerprint density at radius 2 is 2.17 bits per heavy atom. The Labute approximate surface area is 170 Å². The summed E-state index contributed by atoms with van der Waals surface area (Å²) in [7, 11) is 1.89. The van der Waals surface area contributed by atoms with Gasteiger partial charge in [-0.3, -0.25) is 4.99 Å². The Morgan fingerprint density at radius 1 is 1.41 bits per heavy atom. The molecule has 0 amide bonds. The zero-order valence-electron chi connectivity index (χ0n) is 15.9. The molecule has 6 nitrogen and oxygen atoms in total. The predicted octanol–water partition coefficient (Wildman–Crippen LogP) is 3.46. The van der Waals surface area contributed by atoms with E-state index in [1.807, 2.05) is 7.05 Å². The van der Waals surface area contributed by atoms with E-state index in [2.05, 4.69) is 27.3 Å². The van der Waals surface area contributed by atoms with E-state index in [0.717, 1.165) is 25.5 Å².